The van der Waals surface area contributed by atoms with Gasteiger partial charge in [0, 0.05) is 26.1 Å². The summed E-state index contributed by atoms with van der Waals surface area (Å²) >= 11 is 0. The fourth-order valence-corrected chi connectivity index (χ4v) is 2.68. The molecule has 0 aromatic carbocycles. The number of likely N-dealkylation sites (tertiary alicyclic amines) is 1. The van der Waals surface area contributed by atoms with Crippen LogP contribution >= 0.6 is 12.4 Å². The number of carbonyl (C=O) groups is 1. The first-order chi connectivity index (χ1) is 8.79. The number of carbonyl (C=O) groups excluding carboxylic acids is 1. The Bertz CT molecular complexity index is 264. The molecule has 1 saturated heterocycles. The third kappa shape index (κ3) is 5.28. The number of hydrogen-bond donors (Lipinski definition) is 1. The van der Waals surface area contributed by atoms with Gasteiger partial charge in [-0.05, 0) is 44.6 Å². The molecule has 19 heavy (non-hydrogen) atoms. The molecular weight excluding hydrogens is 264 g/mol. The predicted molar refractivity (Wildman–Crippen MR) is 78.4 cm³/mol. The molecule has 2 fully saturated rings. The van der Waals surface area contributed by atoms with E-state index in [1.54, 1.807) is 0 Å². The van der Waals surface area contributed by atoms with Crippen LogP contribution in [0.15, 0.2) is 0 Å². The number of piperidine rings is 1. The van der Waals surface area contributed by atoms with Gasteiger partial charge >= 0.3 is 0 Å². The van der Waals surface area contributed by atoms with Crippen molar-refractivity contribution < 1.29 is 9.53 Å². The molecule has 1 amide bonds. The van der Waals surface area contributed by atoms with Gasteiger partial charge in [0.25, 0.3) is 0 Å². The van der Waals surface area contributed by atoms with Crippen LogP contribution < -0.4 is 5.73 Å². The molecular formula is C14H27ClN2O2. The molecule has 112 valence electrons. The van der Waals surface area contributed by atoms with E-state index in [1.807, 2.05) is 4.90 Å². The van der Waals surface area contributed by atoms with Crippen LogP contribution in [-0.2, 0) is 9.53 Å². The fourth-order valence-electron chi connectivity index (χ4n) is 2.68. The van der Waals surface area contributed by atoms with E-state index in [9.17, 15) is 4.79 Å². The highest BCUT2D eigenvalue weighted by atomic mass is 35.5. The summed E-state index contributed by atoms with van der Waals surface area (Å²) in [6.45, 7) is 3.20. The van der Waals surface area contributed by atoms with E-state index in [0.29, 0.717) is 24.5 Å². The molecule has 0 spiro atoms. The molecule has 1 heterocycles. The molecule has 0 aromatic heterocycles. The van der Waals surface area contributed by atoms with Gasteiger partial charge in [-0.25, -0.2) is 0 Å². The highest BCUT2D eigenvalue weighted by Gasteiger charge is 2.27. The van der Waals surface area contributed by atoms with Crippen molar-refractivity contribution in [3.05, 3.63) is 0 Å². The lowest BCUT2D eigenvalue weighted by Gasteiger charge is -2.34. The Hall–Kier alpha value is -0.320. The summed E-state index contributed by atoms with van der Waals surface area (Å²) in [4.78, 5) is 14.1. The average Bonchev–Trinajstić information content (AvgIpc) is 2.35. The minimum atomic E-state index is 0. The normalized spacial score (nSPS) is 20.8. The minimum absolute atomic E-state index is 0. The van der Waals surface area contributed by atoms with E-state index in [4.69, 9.17) is 10.5 Å². The average molecular weight is 291 g/mol. The molecule has 1 aliphatic heterocycles. The van der Waals surface area contributed by atoms with Gasteiger partial charge in [0.05, 0.1) is 6.10 Å². The Kier molecular flexibility index (Phi) is 7.73. The molecule has 0 atom stereocenters. The Morgan fingerprint density at radius 3 is 2.42 bits per heavy atom. The third-order valence-corrected chi connectivity index (χ3v) is 4.18. The quantitative estimate of drug-likeness (QED) is 0.761. The number of ether oxygens (including phenoxy) is 1. The lowest BCUT2D eigenvalue weighted by molar-refractivity contribution is -0.135. The number of nitrogens with two attached hydrogens (primary N) is 1. The van der Waals surface area contributed by atoms with Crippen molar-refractivity contribution in [2.24, 2.45) is 11.7 Å². The Morgan fingerprint density at radius 2 is 1.89 bits per heavy atom. The van der Waals surface area contributed by atoms with Crippen LogP contribution in [-0.4, -0.2) is 43.2 Å². The van der Waals surface area contributed by atoms with Crippen LogP contribution in [0.5, 0.6) is 0 Å². The summed E-state index contributed by atoms with van der Waals surface area (Å²) in [5, 5.41) is 0. The van der Waals surface area contributed by atoms with Gasteiger partial charge in [-0.15, -0.1) is 12.4 Å². The molecule has 5 heteroatoms. The van der Waals surface area contributed by atoms with Crippen molar-refractivity contribution in [3.8, 4) is 0 Å². The minimum Gasteiger partial charge on any atom is -0.378 e. The number of halogens is 1. The van der Waals surface area contributed by atoms with E-state index < -0.39 is 0 Å². The zero-order valence-electron chi connectivity index (χ0n) is 11.7. The van der Waals surface area contributed by atoms with Crippen LogP contribution in [0.1, 0.15) is 44.9 Å². The molecule has 0 aromatic rings. The lowest BCUT2D eigenvalue weighted by Crippen LogP contribution is -2.42. The van der Waals surface area contributed by atoms with Crippen molar-refractivity contribution in [3.63, 3.8) is 0 Å². The van der Waals surface area contributed by atoms with E-state index in [-0.39, 0.29) is 12.4 Å². The molecule has 0 radical (unpaired) electrons. The van der Waals surface area contributed by atoms with Gasteiger partial charge < -0.3 is 15.4 Å². The second-order valence-electron chi connectivity index (χ2n) is 5.59. The van der Waals surface area contributed by atoms with E-state index in [0.717, 1.165) is 45.4 Å². The monoisotopic (exact) mass is 290 g/mol. The van der Waals surface area contributed by atoms with Gasteiger partial charge in [-0.2, -0.15) is 0 Å². The van der Waals surface area contributed by atoms with E-state index in [1.165, 1.54) is 19.3 Å². The van der Waals surface area contributed by atoms with E-state index >= 15 is 0 Å². The standard InChI is InChI=1S/C14H26N2O2.ClH/c15-7-2-10-18-13-5-8-16(9-6-13)14(17)11-12-3-1-4-12;/h12-13H,1-11,15H2;1H. The second kappa shape index (κ2) is 8.77. The number of hydrogen-bond acceptors (Lipinski definition) is 3. The maximum absolute atomic E-state index is 12.0. The molecule has 0 unspecified atom stereocenters. The summed E-state index contributed by atoms with van der Waals surface area (Å²) in [6.07, 6.45) is 7.84. The predicted octanol–water partition coefficient (Wildman–Crippen LogP) is 1.95. The summed E-state index contributed by atoms with van der Waals surface area (Å²) in [5.74, 6) is 1.04. The van der Waals surface area contributed by atoms with Gasteiger partial charge in [0.15, 0.2) is 0 Å². The first-order valence-electron chi connectivity index (χ1n) is 7.39. The smallest absolute Gasteiger partial charge is 0.222 e. The maximum atomic E-state index is 12.0. The van der Waals surface area contributed by atoms with Crippen LogP contribution in [0.2, 0.25) is 0 Å². The Morgan fingerprint density at radius 1 is 1.21 bits per heavy atom. The summed E-state index contributed by atoms with van der Waals surface area (Å²) in [6, 6.07) is 0. The molecule has 1 saturated carbocycles. The Balaban J connectivity index is 0.00000180. The second-order valence-corrected chi connectivity index (χ2v) is 5.59. The highest BCUT2D eigenvalue weighted by molar-refractivity contribution is 5.85. The molecule has 2 rings (SSSR count). The van der Waals surface area contributed by atoms with Crippen molar-refractivity contribution >= 4 is 18.3 Å². The van der Waals surface area contributed by atoms with E-state index in [2.05, 4.69) is 0 Å². The van der Waals surface area contributed by atoms with Gasteiger partial charge in [0.2, 0.25) is 5.91 Å². The number of amides is 1. The molecule has 0 bridgehead atoms. The highest BCUT2D eigenvalue weighted by Crippen LogP contribution is 2.30. The summed E-state index contributed by atoms with van der Waals surface area (Å²) < 4.78 is 5.75. The first kappa shape index (κ1) is 16.7. The van der Waals surface area contributed by atoms with Gasteiger partial charge in [-0.3, -0.25) is 4.79 Å². The number of rotatable bonds is 6. The van der Waals surface area contributed by atoms with Crippen LogP contribution in [0.25, 0.3) is 0 Å². The van der Waals surface area contributed by atoms with Gasteiger partial charge in [0.1, 0.15) is 0 Å². The van der Waals surface area contributed by atoms with Crippen molar-refractivity contribution in [2.75, 3.05) is 26.2 Å². The molecule has 1 aliphatic carbocycles. The Labute approximate surface area is 122 Å². The third-order valence-electron chi connectivity index (χ3n) is 4.18. The zero-order chi connectivity index (χ0) is 12.8. The summed E-state index contributed by atoms with van der Waals surface area (Å²) in [5.41, 5.74) is 5.44. The zero-order valence-corrected chi connectivity index (χ0v) is 12.5. The van der Waals surface area contributed by atoms with Crippen molar-refractivity contribution in [1.29, 1.82) is 0 Å². The van der Waals surface area contributed by atoms with Crippen molar-refractivity contribution in [2.45, 2.75) is 51.0 Å². The van der Waals surface area contributed by atoms with Crippen molar-refractivity contribution in [1.82, 2.24) is 4.90 Å². The van der Waals surface area contributed by atoms with Gasteiger partial charge in [-0.1, -0.05) is 6.42 Å². The molecule has 2 N–H and O–H groups in total. The van der Waals surface area contributed by atoms with Crippen LogP contribution in [0, 0.1) is 5.92 Å². The lowest BCUT2D eigenvalue weighted by atomic mass is 9.82. The topological polar surface area (TPSA) is 55.6 Å². The largest absolute Gasteiger partial charge is 0.378 e. The fraction of sp³-hybridized carbons (Fsp3) is 0.929. The number of nitrogens with zero attached hydrogens (tertiary/aromatic N) is 1. The molecule has 2 aliphatic rings. The maximum Gasteiger partial charge on any atom is 0.222 e. The SMILES string of the molecule is Cl.NCCCOC1CCN(C(=O)CC2CCC2)CC1. The van der Waals surface area contributed by atoms with Crippen LogP contribution in [0.4, 0.5) is 0 Å². The van der Waals surface area contributed by atoms with Crippen LogP contribution in [0.3, 0.4) is 0 Å². The molecule has 4 nitrogen and oxygen atoms in total. The first-order valence-corrected chi connectivity index (χ1v) is 7.39. The summed E-state index contributed by atoms with van der Waals surface area (Å²) in [7, 11) is 0.